The van der Waals surface area contributed by atoms with Gasteiger partial charge in [-0.05, 0) is 53.4 Å². The number of para-hydroxylation sites is 1. The van der Waals surface area contributed by atoms with Crippen LogP contribution >= 0.6 is 0 Å². The lowest BCUT2D eigenvalue weighted by Crippen LogP contribution is -2.38. The van der Waals surface area contributed by atoms with Gasteiger partial charge in [0.1, 0.15) is 5.75 Å². The molecule has 31 heavy (non-hydrogen) atoms. The van der Waals surface area contributed by atoms with Crippen molar-refractivity contribution < 1.29 is 14.3 Å². The minimum absolute atomic E-state index is 0.122. The molecule has 0 fully saturated rings. The molecule has 0 bridgehead atoms. The molecule has 2 heterocycles. The van der Waals surface area contributed by atoms with Crippen molar-refractivity contribution in [1.82, 2.24) is 4.90 Å². The van der Waals surface area contributed by atoms with Crippen molar-refractivity contribution in [2.24, 2.45) is 0 Å². The van der Waals surface area contributed by atoms with Gasteiger partial charge in [0.15, 0.2) is 6.10 Å². The highest BCUT2D eigenvalue weighted by atomic mass is 16.5. The predicted octanol–water partition coefficient (Wildman–Crippen LogP) is 4.22. The molecule has 5 rings (SSSR count). The highest BCUT2D eigenvalue weighted by molar-refractivity contribution is 5.95. The van der Waals surface area contributed by atoms with Gasteiger partial charge in [0, 0.05) is 30.9 Å². The van der Waals surface area contributed by atoms with Crippen molar-refractivity contribution in [2.45, 2.75) is 25.5 Å². The van der Waals surface area contributed by atoms with E-state index in [1.54, 1.807) is 24.3 Å². The summed E-state index contributed by atoms with van der Waals surface area (Å²) in [5, 5.41) is 5.83. The molecule has 0 aliphatic carbocycles. The van der Waals surface area contributed by atoms with Crippen molar-refractivity contribution >= 4 is 23.3 Å². The Hall–Kier alpha value is -3.80. The number of amides is 3. The number of carbonyl (C=O) groups excluding carboxylic acids is 2. The summed E-state index contributed by atoms with van der Waals surface area (Å²) in [6, 6.07) is 22.9. The Morgan fingerprint density at radius 2 is 1.45 bits per heavy atom. The van der Waals surface area contributed by atoms with Gasteiger partial charge in [0.25, 0.3) is 5.91 Å². The van der Waals surface area contributed by atoms with Gasteiger partial charge >= 0.3 is 6.03 Å². The van der Waals surface area contributed by atoms with Gasteiger partial charge in [0.2, 0.25) is 0 Å². The second kappa shape index (κ2) is 8.14. The lowest BCUT2D eigenvalue weighted by Gasteiger charge is -2.29. The lowest BCUT2D eigenvalue weighted by molar-refractivity contribution is -0.122. The Morgan fingerprint density at radius 3 is 2.19 bits per heavy atom. The summed E-state index contributed by atoms with van der Waals surface area (Å²) in [4.78, 5) is 27.0. The number of benzene rings is 3. The van der Waals surface area contributed by atoms with E-state index in [4.69, 9.17) is 4.74 Å². The van der Waals surface area contributed by atoms with Crippen LogP contribution in [0.5, 0.6) is 5.75 Å². The van der Waals surface area contributed by atoms with Crippen LogP contribution in [0.4, 0.5) is 16.2 Å². The zero-order valence-corrected chi connectivity index (χ0v) is 17.0. The monoisotopic (exact) mass is 413 g/mol. The summed E-state index contributed by atoms with van der Waals surface area (Å²) in [6.45, 7) is 1.31. The molecule has 3 aromatic rings. The molecule has 1 atom stereocenters. The molecule has 0 radical (unpaired) electrons. The van der Waals surface area contributed by atoms with Crippen molar-refractivity contribution in [3.05, 3.63) is 89.5 Å². The number of hydrogen-bond acceptors (Lipinski definition) is 3. The number of hydrogen-bond donors (Lipinski definition) is 2. The Bertz CT molecular complexity index is 1100. The molecular formula is C25H23N3O3. The molecule has 2 aliphatic rings. The second-order valence-corrected chi connectivity index (χ2v) is 7.86. The molecule has 2 aliphatic heterocycles. The fourth-order valence-electron chi connectivity index (χ4n) is 4.06. The van der Waals surface area contributed by atoms with Crippen molar-refractivity contribution in [3.8, 4) is 5.75 Å². The van der Waals surface area contributed by atoms with Gasteiger partial charge in [0.05, 0.1) is 0 Å². The van der Waals surface area contributed by atoms with Gasteiger partial charge in [-0.3, -0.25) is 4.79 Å². The Kier molecular flexibility index (Phi) is 5.04. The topological polar surface area (TPSA) is 70.7 Å². The summed E-state index contributed by atoms with van der Waals surface area (Å²) in [6.07, 6.45) is 0.898. The summed E-state index contributed by atoms with van der Waals surface area (Å²) < 4.78 is 5.73. The first kappa shape index (κ1) is 19.2. The summed E-state index contributed by atoms with van der Waals surface area (Å²) in [5.74, 6) is 0.584. The summed E-state index contributed by atoms with van der Waals surface area (Å²) in [7, 11) is 0. The predicted molar refractivity (Wildman–Crippen MR) is 119 cm³/mol. The molecule has 6 nitrogen and oxygen atoms in total. The molecule has 156 valence electrons. The van der Waals surface area contributed by atoms with Crippen LogP contribution in [0, 0.1) is 0 Å². The van der Waals surface area contributed by atoms with Gasteiger partial charge in [-0.1, -0.05) is 42.5 Å². The van der Waals surface area contributed by atoms with E-state index in [2.05, 4.69) is 22.8 Å². The van der Waals surface area contributed by atoms with E-state index in [9.17, 15) is 9.59 Å². The SMILES string of the molecule is O=C(Nc1ccc(NC(=O)N2CCc3ccccc3C2)cc1)[C@@H]1Cc2ccccc2O1. The second-order valence-electron chi connectivity index (χ2n) is 7.86. The zero-order valence-electron chi connectivity index (χ0n) is 17.0. The number of nitrogens with zero attached hydrogens (tertiary/aromatic N) is 1. The van der Waals surface area contributed by atoms with Gasteiger partial charge in [-0.15, -0.1) is 0 Å². The largest absolute Gasteiger partial charge is 0.480 e. The summed E-state index contributed by atoms with van der Waals surface area (Å²) >= 11 is 0. The molecule has 2 N–H and O–H groups in total. The lowest BCUT2D eigenvalue weighted by atomic mass is 10.0. The van der Waals surface area contributed by atoms with Gasteiger partial charge in [-0.2, -0.15) is 0 Å². The summed E-state index contributed by atoms with van der Waals surface area (Å²) in [5.41, 5.74) is 4.89. The maximum Gasteiger partial charge on any atom is 0.322 e. The van der Waals surface area contributed by atoms with Crippen LogP contribution in [-0.2, 0) is 24.2 Å². The molecule has 0 spiro atoms. The molecule has 3 amide bonds. The van der Waals surface area contributed by atoms with Crippen LogP contribution in [0.15, 0.2) is 72.8 Å². The fraction of sp³-hybridized carbons (Fsp3) is 0.200. The van der Waals surface area contributed by atoms with Crippen LogP contribution in [0.2, 0.25) is 0 Å². The highest BCUT2D eigenvalue weighted by Gasteiger charge is 2.28. The third-order valence-corrected chi connectivity index (χ3v) is 5.76. The number of anilines is 2. The molecule has 0 saturated carbocycles. The number of carbonyl (C=O) groups is 2. The number of urea groups is 1. The van der Waals surface area contributed by atoms with Crippen LogP contribution in [-0.4, -0.2) is 29.5 Å². The molecule has 3 aromatic carbocycles. The first-order valence-electron chi connectivity index (χ1n) is 10.4. The number of rotatable bonds is 3. The third-order valence-electron chi connectivity index (χ3n) is 5.76. The van der Waals surface area contributed by atoms with Crippen molar-refractivity contribution in [3.63, 3.8) is 0 Å². The fourth-order valence-corrected chi connectivity index (χ4v) is 4.06. The standard InChI is InChI=1S/C25H23N3O3/c29-24(23-15-18-6-3-4-8-22(18)31-23)26-20-9-11-21(12-10-20)27-25(30)28-14-13-17-5-1-2-7-19(17)16-28/h1-12,23H,13-16H2,(H,26,29)(H,27,30)/t23-/m0/s1. The van der Waals surface area contributed by atoms with Crippen molar-refractivity contribution in [2.75, 3.05) is 17.2 Å². The highest BCUT2D eigenvalue weighted by Crippen LogP contribution is 2.29. The molecular weight excluding hydrogens is 390 g/mol. The maximum atomic E-state index is 12.7. The third kappa shape index (κ3) is 4.10. The van der Waals surface area contributed by atoms with E-state index >= 15 is 0 Å². The Balaban J connectivity index is 1.16. The van der Waals surface area contributed by atoms with Crippen LogP contribution in [0.1, 0.15) is 16.7 Å². The van der Waals surface area contributed by atoms with E-state index < -0.39 is 6.10 Å². The average molecular weight is 413 g/mol. The van der Waals surface area contributed by atoms with E-state index in [0.29, 0.717) is 30.9 Å². The molecule has 6 heteroatoms. The van der Waals surface area contributed by atoms with E-state index in [-0.39, 0.29) is 11.9 Å². The maximum absolute atomic E-state index is 12.7. The van der Waals surface area contributed by atoms with Crippen LogP contribution in [0.25, 0.3) is 0 Å². The first-order valence-corrected chi connectivity index (χ1v) is 10.4. The minimum atomic E-state index is -0.529. The van der Waals surface area contributed by atoms with Gasteiger partial charge < -0.3 is 20.3 Å². The minimum Gasteiger partial charge on any atom is -0.480 e. The first-order chi connectivity index (χ1) is 15.2. The molecule has 0 saturated heterocycles. The zero-order chi connectivity index (χ0) is 21.2. The number of fused-ring (bicyclic) bond motifs is 2. The van der Waals surface area contributed by atoms with Gasteiger partial charge in [-0.25, -0.2) is 4.79 Å². The van der Waals surface area contributed by atoms with E-state index in [1.165, 1.54) is 11.1 Å². The average Bonchev–Trinajstić information content (AvgIpc) is 3.24. The number of nitrogens with one attached hydrogen (secondary N) is 2. The smallest absolute Gasteiger partial charge is 0.322 e. The molecule has 0 unspecified atom stereocenters. The van der Waals surface area contributed by atoms with Crippen LogP contribution < -0.4 is 15.4 Å². The Morgan fingerprint density at radius 1 is 0.806 bits per heavy atom. The Labute approximate surface area is 180 Å². The normalized spacial score (nSPS) is 16.6. The van der Waals surface area contributed by atoms with E-state index in [1.807, 2.05) is 41.3 Å². The van der Waals surface area contributed by atoms with E-state index in [0.717, 1.165) is 17.7 Å². The molecule has 0 aromatic heterocycles. The van der Waals surface area contributed by atoms with Crippen LogP contribution in [0.3, 0.4) is 0 Å². The van der Waals surface area contributed by atoms with Crippen molar-refractivity contribution in [1.29, 1.82) is 0 Å². The number of ether oxygens (including phenoxy) is 1. The quantitative estimate of drug-likeness (QED) is 0.675.